The van der Waals surface area contributed by atoms with Crippen LogP contribution in [0.2, 0.25) is 0 Å². The first-order chi connectivity index (χ1) is 8.47. The second-order valence-electron chi connectivity index (χ2n) is 5.16. The van der Waals surface area contributed by atoms with Gasteiger partial charge in [-0.05, 0) is 19.1 Å². The number of alkyl halides is 2. The highest BCUT2D eigenvalue weighted by Crippen LogP contribution is 2.39. The fourth-order valence-corrected chi connectivity index (χ4v) is 3.64. The van der Waals surface area contributed by atoms with Gasteiger partial charge >= 0.3 is 11.9 Å². The van der Waals surface area contributed by atoms with Crippen molar-refractivity contribution in [2.75, 3.05) is 19.3 Å². The summed E-state index contributed by atoms with van der Waals surface area (Å²) in [7, 11) is 0. The van der Waals surface area contributed by atoms with Crippen LogP contribution in [0.15, 0.2) is 0 Å². The number of ether oxygens (including phenoxy) is 1. The average Bonchev–Trinajstić information content (AvgIpc) is 2.86. The zero-order valence-corrected chi connectivity index (χ0v) is 11.3. The molecule has 18 heavy (non-hydrogen) atoms. The second kappa shape index (κ2) is 5.33. The highest BCUT2D eigenvalue weighted by atomic mass is 32.2. The average molecular weight is 279 g/mol. The molecule has 104 valence electrons. The van der Waals surface area contributed by atoms with Crippen LogP contribution in [-0.4, -0.2) is 42.1 Å². The number of cyclic esters (lactones) is 1. The van der Waals surface area contributed by atoms with Crippen molar-refractivity contribution in [3.05, 3.63) is 0 Å². The number of halogens is 2. The maximum Gasteiger partial charge on any atom is 0.377 e. The van der Waals surface area contributed by atoms with Crippen molar-refractivity contribution in [1.29, 1.82) is 0 Å². The molecule has 0 aromatic heterocycles. The highest BCUT2D eigenvalue weighted by Gasteiger charge is 2.50. The van der Waals surface area contributed by atoms with Crippen LogP contribution in [0.5, 0.6) is 0 Å². The van der Waals surface area contributed by atoms with E-state index in [9.17, 15) is 13.6 Å². The second-order valence-corrected chi connectivity index (χ2v) is 6.44. The molecule has 1 unspecified atom stereocenters. The number of carbonyl (C=O) groups is 1. The first-order valence-corrected chi connectivity index (χ1v) is 7.55. The topological polar surface area (TPSA) is 38.3 Å². The minimum absolute atomic E-state index is 0.241. The first kappa shape index (κ1) is 14.1. The number of nitrogens with one attached hydrogen (secondary N) is 1. The Morgan fingerprint density at radius 1 is 1.44 bits per heavy atom. The summed E-state index contributed by atoms with van der Waals surface area (Å²) in [5, 5.41) is 3.19. The third kappa shape index (κ3) is 2.96. The van der Waals surface area contributed by atoms with Crippen molar-refractivity contribution in [2.24, 2.45) is 0 Å². The Kier molecular flexibility index (Phi) is 4.16. The summed E-state index contributed by atoms with van der Waals surface area (Å²) in [6.07, 6.45) is 5.72. The predicted molar refractivity (Wildman–Crippen MR) is 67.0 cm³/mol. The van der Waals surface area contributed by atoms with Gasteiger partial charge in [-0.1, -0.05) is 12.8 Å². The third-order valence-corrected chi connectivity index (χ3v) is 5.24. The van der Waals surface area contributed by atoms with Gasteiger partial charge in [0, 0.05) is 17.8 Å². The van der Waals surface area contributed by atoms with E-state index in [0.29, 0.717) is 6.54 Å². The predicted octanol–water partition coefficient (Wildman–Crippen LogP) is 2.20. The molecule has 0 amide bonds. The SMILES string of the molecule is CSC1(CNCC2CC(F)(F)C(=O)O2)CCCC1. The lowest BCUT2D eigenvalue weighted by Gasteiger charge is -2.27. The van der Waals surface area contributed by atoms with Crippen LogP contribution in [0.3, 0.4) is 0 Å². The summed E-state index contributed by atoms with van der Waals surface area (Å²) >= 11 is 1.84. The number of rotatable bonds is 5. The van der Waals surface area contributed by atoms with Gasteiger partial charge in [-0.15, -0.1) is 0 Å². The van der Waals surface area contributed by atoms with Crippen LogP contribution in [0.4, 0.5) is 8.78 Å². The molecule has 0 radical (unpaired) electrons. The Labute approximate surface area is 110 Å². The molecule has 3 nitrogen and oxygen atoms in total. The summed E-state index contributed by atoms with van der Waals surface area (Å²) in [6, 6.07) is 0. The van der Waals surface area contributed by atoms with E-state index in [1.807, 2.05) is 11.8 Å². The summed E-state index contributed by atoms with van der Waals surface area (Å²) in [5.74, 6) is -4.67. The van der Waals surface area contributed by atoms with Crippen LogP contribution < -0.4 is 5.32 Å². The molecular formula is C12H19F2NO2S. The molecule has 1 saturated carbocycles. The van der Waals surface area contributed by atoms with Crippen molar-refractivity contribution in [2.45, 2.75) is 48.9 Å². The summed E-state index contributed by atoms with van der Waals surface area (Å²) < 4.78 is 30.8. The smallest absolute Gasteiger partial charge is 0.377 e. The van der Waals surface area contributed by atoms with Crippen LogP contribution in [0.25, 0.3) is 0 Å². The molecule has 1 aliphatic heterocycles. The minimum atomic E-state index is -3.29. The number of hydrogen-bond donors (Lipinski definition) is 1. The van der Waals surface area contributed by atoms with Gasteiger partial charge in [0.2, 0.25) is 0 Å². The zero-order valence-electron chi connectivity index (χ0n) is 10.5. The van der Waals surface area contributed by atoms with Gasteiger partial charge in [-0.25, -0.2) is 4.79 Å². The fraction of sp³-hybridized carbons (Fsp3) is 0.917. The van der Waals surface area contributed by atoms with Crippen molar-refractivity contribution in [3.8, 4) is 0 Å². The van der Waals surface area contributed by atoms with Crippen LogP contribution in [0, 0.1) is 0 Å². The molecular weight excluding hydrogens is 260 g/mol. The molecule has 2 fully saturated rings. The molecule has 1 aliphatic carbocycles. The Morgan fingerprint density at radius 2 is 2.11 bits per heavy atom. The zero-order chi connectivity index (χ0) is 13.2. The molecule has 6 heteroatoms. The van der Waals surface area contributed by atoms with Gasteiger partial charge in [0.15, 0.2) is 0 Å². The van der Waals surface area contributed by atoms with E-state index in [0.717, 1.165) is 6.54 Å². The molecule has 0 aromatic carbocycles. The van der Waals surface area contributed by atoms with E-state index in [1.165, 1.54) is 25.7 Å². The van der Waals surface area contributed by atoms with E-state index in [-0.39, 0.29) is 4.75 Å². The van der Waals surface area contributed by atoms with Gasteiger partial charge in [0.1, 0.15) is 6.10 Å². The highest BCUT2D eigenvalue weighted by molar-refractivity contribution is 8.00. The molecule has 1 saturated heterocycles. The summed E-state index contributed by atoms with van der Waals surface area (Å²) in [5.41, 5.74) is 0. The van der Waals surface area contributed by atoms with Gasteiger partial charge in [-0.2, -0.15) is 20.5 Å². The van der Waals surface area contributed by atoms with Crippen molar-refractivity contribution < 1.29 is 18.3 Å². The molecule has 0 aromatic rings. The molecule has 1 heterocycles. The van der Waals surface area contributed by atoms with Crippen LogP contribution in [-0.2, 0) is 9.53 Å². The Balaban J connectivity index is 1.75. The Hall–Kier alpha value is -0.360. The van der Waals surface area contributed by atoms with Crippen LogP contribution >= 0.6 is 11.8 Å². The van der Waals surface area contributed by atoms with Crippen molar-refractivity contribution in [3.63, 3.8) is 0 Å². The largest absolute Gasteiger partial charge is 0.456 e. The number of thioether (sulfide) groups is 1. The van der Waals surface area contributed by atoms with Crippen LogP contribution in [0.1, 0.15) is 32.1 Å². The quantitative estimate of drug-likeness (QED) is 0.783. The van der Waals surface area contributed by atoms with Gasteiger partial charge in [0.25, 0.3) is 0 Å². The van der Waals surface area contributed by atoms with Gasteiger partial charge in [0.05, 0.1) is 6.42 Å². The number of carbonyl (C=O) groups excluding carboxylic acids is 1. The van der Waals surface area contributed by atoms with E-state index in [4.69, 9.17) is 0 Å². The molecule has 2 rings (SSSR count). The Bertz CT molecular complexity index is 319. The summed E-state index contributed by atoms with van der Waals surface area (Å²) in [6.45, 7) is 1.12. The lowest BCUT2D eigenvalue weighted by Crippen LogP contribution is -2.38. The molecule has 0 bridgehead atoms. The Morgan fingerprint density at radius 3 is 2.61 bits per heavy atom. The fourth-order valence-electron chi connectivity index (χ4n) is 2.70. The molecule has 1 atom stereocenters. The maximum atomic E-state index is 13.0. The van der Waals surface area contributed by atoms with Gasteiger partial charge in [-0.3, -0.25) is 0 Å². The molecule has 0 spiro atoms. The van der Waals surface area contributed by atoms with Crippen molar-refractivity contribution in [1.82, 2.24) is 5.32 Å². The number of esters is 1. The van der Waals surface area contributed by atoms with E-state index in [2.05, 4.69) is 16.3 Å². The molecule has 1 N–H and O–H groups in total. The maximum absolute atomic E-state index is 13.0. The van der Waals surface area contributed by atoms with E-state index >= 15 is 0 Å². The standard InChI is InChI=1S/C12H19F2NO2S/c1-18-11(4-2-3-5-11)8-15-7-9-6-12(13,14)10(16)17-9/h9,15H,2-8H2,1H3. The lowest BCUT2D eigenvalue weighted by molar-refractivity contribution is -0.159. The first-order valence-electron chi connectivity index (χ1n) is 6.32. The molecule has 2 aliphatic rings. The minimum Gasteiger partial charge on any atom is -0.456 e. The summed E-state index contributed by atoms with van der Waals surface area (Å²) in [4.78, 5) is 10.8. The van der Waals surface area contributed by atoms with Gasteiger partial charge < -0.3 is 10.1 Å². The van der Waals surface area contributed by atoms with E-state index in [1.54, 1.807) is 0 Å². The monoisotopic (exact) mass is 279 g/mol. The van der Waals surface area contributed by atoms with E-state index < -0.39 is 24.4 Å². The third-order valence-electron chi connectivity index (χ3n) is 3.82. The lowest BCUT2D eigenvalue weighted by atomic mass is 10.1. The van der Waals surface area contributed by atoms with Crippen molar-refractivity contribution >= 4 is 17.7 Å². The normalized spacial score (nSPS) is 29.5. The number of hydrogen-bond acceptors (Lipinski definition) is 4.